The minimum absolute atomic E-state index is 0.114. The van der Waals surface area contributed by atoms with Gasteiger partial charge in [-0.1, -0.05) is 12.1 Å². The number of anilines is 2. The number of pyridine rings is 1. The number of aryl methyl sites for hydroxylation is 1. The van der Waals surface area contributed by atoms with Gasteiger partial charge in [0, 0.05) is 23.0 Å². The van der Waals surface area contributed by atoms with E-state index in [1.807, 2.05) is 61.1 Å². The molecule has 2 heterocycles. The normalized spacial score (nSPS) is 14.4. The van der Waals surface area contributed by atoms with Gasteiger partial charge in [0.25, 0.3) is 5.91 Å². The molecule has 1 aromatic carbocycles. The van der Waals surface area contributed by atoms with Gasteiger partial charge < -0.3 is 10.6 Å². The van der Waals surface area contributed by atoms with E-state index in [1.165, 1.54) is 12.8 Å². The zero-order chi connectivity index (χ0) is 20.4. The highest BCUT2D eigenvalue weighted by atomic mass is 16.1. The predicted octanol–water partition coefficient (Wildman–Crippen LogP) is 4.73. The molecule has 1 saturated carbocycles. The van der Waals surface area contributed by atoms with E-state index < -0.39 is 0 Å². The Morgan fingerprint density at radius 1 is 1.21 bits per heavy atom. The molecule has 4 rings (SSSR count). The molecule has 3 aromatic rings. The fourth-order valence-electron chi connectivity index (χ4n) is 3.63. The monoisotopic (exact) mass is 389 g/mol. The molecule has 6 nitrogen and oxygen atoms in total. The van der Waals surface area contributed by atoms with Gasteiger partial charge in [0.15, 0.2) is 0 Å². The maximum absolute atomic E-state index is 13.1. The van der Waals surface area contributed by atoms with E-state index in [0.717, 1.165) is 28.3 Å². The van der Waals surface area contributed by atoms with Crippen LogP contribution in [0.4, 0.5) is 11.5 Å². The van der Waals surface area contributed by atoms with E-state index in [0.29, 0.717) is 24.1 Å². The van der Waals surface area contributed by atoms with E-state index >= 15 is 0 Å². The number of hydrogen-bond acceptors (Lipinski definition) is 4. The van der Waals surface area contributed by atoms with Crippen molar-refractivity contribution in [2.45, 2.75) is 46.2 Å². The number of rotatable bonds is 7. The molecule has 0 unspecified atom stereocenters. The maximum atomic E-state index is 13.1. The fourth-order valence-corrected chi connectivity index (χ4v) is 3.63. The van der Waals surface area contributed by atoms with E-state index in [-0.39, 0.29) is 5.91 Å². The van der Waals surface area contributed by atoms with Crippen LogP contribution in [-0.4, -0.2) is 20.7 Å². The average molecular weight is 390 g/mol. The number of carbonyl (C=O) groups is 1. The Morgan fingerprint density at radius 2 is 2.03 bits per heavy atom. The minimum atomic E-state index is -0.114. The van der Waals surface area contributed by atoms with Crippen molar-refractivity contribution in [1.29, 1.82) is 0 Å². The highest BCUT2D eigenvalue weighted by Crippen LogP contribution is 2.40. The smallest absolute Gasteiger partial charge is 0.257 e. The summed E-state index contributed by atoms with van der Waals surface area (Å²) in [5.41, 5.74) is 4.44. The Kier molecular flexibility index (Phi) is 5.34. The fraction of sp³-hybridized carbons (Fsp3) is 0.348. The lowest BCUT2D eigenvalue weighted by Gasteiger charge is -2.17. The molecule has 0 bridgehead atoms. The van der Waals surface area contributed by atoms with Gasteiger partial charge in [-0.3, -0.25) is 9.78 Å². The van der Waals surface area contributed by atoms with E-state index in [2.05, 4.69) is 27.6 Å². The van der Waals surface area contributed by atoms with Crippen LogP contribution in [0, 0.1) is 19.8 Å². The second-order valence-corrected chi connectivity index (χ2v) is 7.81. The Balaban J connectivity index is 1.51. The van der Waals surface area contributed by atoms with Gasteiger partial charge in [-0.15, -0.1) is 0 Å². The molecule has 0 aliphatic heterocycles. The molecule has 0 spiro atoms. The first-order valence-corrected chi connectivity index (χ1v) is 10.1. The van der Waals surface area contributed by atoms with Gasteiger partial charge in [0.1, 0.15) is 5.82 Å². The summed E-state index contributed by atoms with van der Waals surface area (Å²) in [5, 5.41) is 11.0. The molecule has 1 amide bonds. The lowest BCUT2D eigenvalue weighted by molar-refractivity contribution is 0.102. The van der Waals surface area contributed by atoms with Gasteiger partial charge in [0.05, 0.1) is 24.5 Å². The predicted molar refractivity (Wildman–Crippen MR) is 115 cm³/mol. The molecule has 1 aliphatic carbocycles. The molecule has 29 heavy (non-hydrogen) atoms. The summed E-state index contributed by atoms with van der Waals surface area (Å²) in [7, 11) is 0. The van der Waals surface area contributed by atoms with E-state index in [9.17, 15) is 4.79 Å². The Labute approximate surface area is 171 Å². The van der Waals surface area contributed by atoms with Crippen LogP contribution >= 0.6 is 0 Å². The summed E-state index contributed by atoms with van der Waals surface area (Å²) in [6.45, 7) is 6.73. The van der Waals surface area contributed by atoms with Gasteiger partial charge in [-0.05, 0) is 69.4 Å². The van der Waals surface area contributed by atoms with Crippen LogP contribution in [0.15, 0.2) is 48.8 Å². The van der Waals surface area contributed by atoms with Crippen molar-refractivity contribution >= 4 is 17.4 Å². The van der Waals surface area contributed by atoms with Crippen molar-refractivity contribution in [2.75, 3.05) is 10.6 Å². The first-order valence-electron chi connectivity index (χ1n) is 10.1. The van der Waals surface area contributed by atoms with Crippen molar-refractivity contribution < 1.29 is 4.79 Å². The molecule has 2 aromatic heterocycles. The third kappa shape index (κ3) is 4.16. The summed E-state index contributed by atoms with van der Waals surface area (Å²) in [6.07, 6.45) is 6.07. The SMILES string of the molecule is Cc1cnn([C@H](C)C2CC2)c1NC(=O)c1cccc(NCc2ccccn2)c1C. The number of benzene rings is 1. The topological polar surface area (TPSA) is 71.8 Å². The summed E-state index contributed by atoms with van der Waals surface area (Å²) in [4.78, 5) is 17.4. The highest BCUT2D eigenvalue weighted by Gasteiger charge is 2.31. The van der Waals surface area contributed by atoms with Crippen LogP contribution in [-0.2, 0) is 6.54 Å². The van der Waals surface area contributed by atoms with Crippen molar-refractivity contribution in [3.63, 3.8) is 0 Å². The molecule has 2 N–H and O–H groups in total. The molecule has 0 radical (unpaired) electrons. The lowest BCUT2D eigenvalue weighted by atomic mass is 10.1. The molecular formula is C23H27N5O. The molecule has 1 atom stereocenters. The maximum Gasteiger partial charge on any atom is 0.257 e. The summed E-state index contributed by atoms with van der Waals surface area (Å²) < 4.78 is 1.96. The summed E-state index contributed by atoms with van der Waals surface area (Å²) in [5.74, 6) is 1.34. The highest BCUT2D eigenvalue weighted by molar-refractivity contribution is 6.06. The lowest BCUT2D eigenvalue weighted by Crippen LogP contribution is -2.20. The largest absolute Gasteiger partial charge is 0.379 e. The number of amides is 1. The zero-order valence-corrected chi connectivity index (χ0v) is 17.1. The molecule has 1 fully saturated rings. The molecule has 6 heteroatoms. The number of hydrogen-bond donors (Lipinski definition) is 2. The Morgan fingerprint density at radius 3 is 2.76 bits per heavy atom. The summed E-state index contributed by atoms with van der Waals surface area (Å²) in [6, 6.07) is 11.9. The van der Waals surface area contributed by atoms with Crippen molar-refractivity contribution in [2.24, 2.45) is 5.92 Å². The van der Waals surface area contributed by atoms with E-state index in [1.54, 1.807) is 6.20 Å². The van der Waals surface area contributed by atoms with Gasteiger partial charge in [0.2, 0.25) is 0 Å². The van der Waals surface area contributed by atoms with Crippen LogP contribution in [0.2, 0.25) is 0 Å². The quantitative estimate of drug-likeness (QED) is 0.613. The van der Waals surface area contributed by atoms with Crippen molar-refractivity contribution in [3.8, 4) is 0 Å². The molecule has 150 valence electrons. The Bertz CT molecular complexity index is 1010. The number of nitrogens with one attached hydrogen (secondary N) is 2. The van der Waals surface area contributed by atoms with Crippen molar-refractivity contribution in [1.82, 2.24) is 14.8 Å². The molecule has 1 aliphatic rings. The second kappa shape index (κ2) is 8.07. The van der Waals surface area contributed by atoms with Crippen LogP contribution in [0.3, 0.4) is 0 Å². The molecule has 0 saturated heterocycles. The summed E-state index contributed by atoms with van der Waals surface area (Å²) >= 11 is 0. The third-order valence-electron chi connectivity index (χ3n) is 5.66. The number of carbonyl (C=O) groups excluding carboxylic acids is 1. The third-order valence-corrected chi connectivity index (χ3v) is 5.66. The van der Waals surface area contributed by atoms with Crippen molar-refractivity contribution in [3.05, 3.63) is 71.2 Å². The van der Waals surface area contributed by atoms with E-state index in [4.69, 9.17) is 0 Å². The Hall–Kier alpha value is -3.15. The van der Waals surface area contributed by atoms with Crippen LogP contribution in [0.25, 0.3) is 0 Å². The first kappa shape index (κ1) is 19.2. The van der Waals surface area contributed by atoms with Crippen LogP contribution in [0.5, 0.6) is 0 Å². The minimum Gasteiger partial charge on any atom is -0.379 e. The standard InChI is InChI=1S/C23H27N5O/c1-15-13-26-28(17(3)18-10-11-18)22(15)27-23(29)20-8-6-9-21(16(20)2)25-14-19-7-4-5-12-24-19/h4-9,12-13,17-18,25H,10-11,14H2,1-3H3,(H,27,29)/t17-/m1/s1. The number of nitrogens with zero attached hydrogens (tertiary/aromatic N) is 3. The van der Waals surface area contributed by atoms with Gasteiger partial charge in [-0.25, -0.2) is 4.68 Å². The van der Waals surface area contributed by atoms with Crippen LogP contribution < -0.4 is 10.6 Å². The number of aromatic nitrogens is 3. The van der Waals surface area contributed by atoms with Gasteiger partial charge >= 0.3 is 0 Å². The first-order chi connectivity index (χ1) is 14.0. The zero-order valence-electron chi connectivity index (χ0n) is 17.1. The second-order valence-electron chi connectivity index (χ2n) is 7.81. The molecular weight excluding hydrogens is 362 g/mol. The van der Waals surface area contributed by atoms with Gasteiger partial charge in [-0.2, -0.15) is 5.10 Å². The van der Waals surface area contributed by atoms with Crippen LogP contribution in [0.1, 0.15) is 53.0 Å². The average Bonchev–Trinajstić information content (AvgIpc) is 3.52.